The number of methoxy groups -OCH3 is 1. The van der Waals surface area contributed by atoms with E-state index in [9.17, 15) is 9.90 Å². The molecule has 1 fully saturated rings. The molecule has 0 saturated heterocycles. The van der Waals surface area contributed by atoms with E-state index in [1.54, 1.807) is 0 Å². The van der Waals surface area contributed by atoms with E-state index in [1.165, 1.54) is 23.8 Å². The van der Waals surface area contributed by atoms with Crippen LogP contribution in [-0.2, 0) is 21.4 Å². The maximum Gasteiger partial charge on any atom is 0.331 e. The zero-order valence-corrected chi connectivity index (χ0v) is 20.0. The van der Waals surface area contributed by atoms with Gasteiger partial charge in [-0.2, -0.15) is 0 Å². The number of aryl methyl sites for hydroxylation is 1. The molecule has 0 aromatic heterocycles. The fraction of sp³-hybridized carbons (Fsp3) is 0.519. The van der Waals surface area contributed by atoms with Crippen molar-refractivity contribution in [2.45, 2.75) is 63.3 Å². The Morgan fingerprint density at radius 1 is 1.22 bits per heavy atom. The standard InChI is InChI=1S/C27H34ClNO3/c1-18-7-8-24-20(13-18)15-21(14-19(2)17-30)26(24)9-11-27(12-10-26,25(31)32-3)29-23-6-4-5-22(28)16-23/h4-8,13,16,19,21,29-30H,9-12,14-15,17H2,1-3H3/t19-,21+,26?,27?/m1/s1. The highest BCUT2D eigenvalue weighted by Gasteiger charge is 2.54. The van der Waals surface area contributed by atoms with Crippen LogP contribution in [0.3, 0.4) is 0 Å². The van der Waals surface area contributed by atoms with E-state index in [4.69, 9.17) is 16.3 Å². The number of fused-ring (bicyclic) bond motifs is 2. The maximum atomic E-state index is 13.0. The molecule has 1 spiro atoms. The molecule has 0 heterocycles. The highest BCUT2D eigenvalue weighted by Crippen LogP contribution is 2.56. The first-order valence-corrected chi connectivity index (χ1v) is 12.0. The molecule has 1 saturated carbocycles. The summed E-state index contributed by atoms with van der Waals surface area (Å²) in [4.78, 5) is 13.0. The van der Waals surface area contributed by atoms with Crippen molar-refractivity contribution in [2.24, 2.45) is 11.8 Å². The number of ether oxygens (including phenoxy) is 1. The normalized spacial score (nSPS) is 27.7. The molecule has 0 bridgehead atoms. The van der Waals surface area contributed by atoms with Gasteiger partial charge in [0.05, 0.1) is 7.11 Å². The van der Waals surface area contributed by atoms with Gasteiger partial charge in [0.2, 0.25) is 0 Å². The van der Waals surface area contributed by atoms with Gasteiger partial charge in [-0.25, -0.2) is 4.79 Å². The monoisotopic (exact) mass is 455 g/mol. The number of carbonyl (C=O) groups excluding carboxylic acids is 1. The van der Waals surface area contributed by atoms with Crippen LogP contribution in [-0.4, -0.2) is 30.3 Å². The minimum Gasteiger partial charge on any atom is -0.467 e. The van der Waals surface area contributed by atoms with Gasteiger partial charge in [-0.15, -0.1) is 0 Å². The Hall–Kier alpha value is -2.04. The van der Waals surface area contributed by atoms with Gasteiger partial charge in [0.1, 0.15) is 5.54 Å². The number of aliphatic hydroxyl groups excluding tert-OH is 1. The minimum atomic E-state index is -0.759. The van der Waals surface area contributed by atoms with E-state index in [-0.39, 0.29) is 23.9 Å². The number of anilines is 1. The Morgan fingerprint density at radius 3 is 2.62 bits per heavy atom. The molecule has 2 aliphatic carbocycles. The van der Waals surface area contributed by atoms with Gasteiger partial charge in [-0.1, -0.05) is 48.4 Å². The molecular weight excluding hydrogens is 422 g/mol. The molecule has 2 N–H and O–H groups in total. The van der Waals surface area contributed by atoms with Crippen molar-refractivity contribution in [1.29, 1.82) is 0 Å². The Bertz CT molecular complexity index is 981. The predicted octanol–water partition coefficient (Wildman–Crippen LogP) is 5.67. The lowest BCUT2D eigenvalue weighted by atomic mass is 9.59. The van der Waals surface area contributed by atoms with Crippen LogP contribution in [0.1, 0.15) is 55.7 Å². The fourth-order valence-corrected chi connectivity index (χ4v) is 6.34. The summed E-state index contributed by atoms with van der Waals surface area (Å²) in [6.45, 7) is 4.49. The van der Waals surface area contributed by atoms with Crippen LogP contribution in [0.4, 0.5) is 5.69 Å². The lowest BCUT2D eigenvalue weighted by molar-refractivity contribution is -0.148. The fourth-order valence-electron chi connectivity index (χ4n) is 6.15. The average Bonchev–Trinajstić information content (AvgIpc) is 3.06. The third kappa shape index (κ3) is 4.15. The molecule has 172 valence electrons. The van der Waals surface area contributed by atoms with Crippen LogP contribution in [0, 0.1) is 18.8 Å². The highest BCUT2D eigenvalue weighted by molar-refractivity contribution is 6.30. The van der Waals surface area contributed by atoms with E-state index >= 15 is 0 Å². The van der Waals surface area contributed by atoms with Crippen LogP contribution < -0.4 is 5.32 Å². The summed E-state index contributed by atoms with van der Waals surface area (Å²) in [5.41, 5.74) is 4.29. The van der Waals surface area contributed by atoms with Crippen LogP contribution >= 0.6 is 11.6 Å². The Labute approximate surface area is 196 Å². The number of hydrogen-bond donors (Lipinski definition) is 2. The first-order chi connectivity index (χ1) is 15.3. The molecule has 5 heteroatoms. The van der Waals surface area contributed by atoms with Crippen LogP contribution in [0.25, 0.3) is 0 Å². The summed E-state index contributed by atoms with van der Waals surface area (Å²) >= 11 is 6.19. The van der Waals surface area contributed by atoms with E-state index in [0.29, 0.717) is 23.8 Å². The van der Waals surface area contributed by atoms with E-state index in [1.807, 2.05) is 24.3 Å². The lowest BCUT2D eigenvalue weighted by Crippen LogP contribution is -2.53. The number of halogens is 1. The lowest BCUT2D eigenvalue weighted by Gasteiger charge is -2.47. The molecule has 0 radical (unpaired) electrons. The molecule has 0 unspecified atom stereocenters. The maximum absolute atomic E-state index is 13.0. The van der Waals surface area contributed by atoms with Gasteiger partial charge in [0.25, 0.3) is 0 Å². The Balaban J connectivity index is 1.66. The largest absolute Gasteiger partial charge is 0.467 e. The molecule has 32 heavy (non-hydrogen) atoms. The summed E-state index contributed by atoms with van der Waals surface area (Å²) in [7, 11) is 1.47. The average molecular weight is 456 g/mol. The summed E-state index contributed by atoms with van der Waals surface area (Å²) in [6, 6.07) is 14.4. The summed E-state index contributed by atoms with van der Waals surface area (Å²) < 4.78 is 5.27. The van der Waals surface area contributed by atoms with Gasteiger partial charge in [-0.3, -0.25) is 0 Å². The van der Waals surface area contributed by atoms with Crippen molar-refractivity contribution < 1.29 is 14.6 Å². The second kappa shape index (κ2) is 9.07. The van der Waals surface area contributed by atoms with Crippen LogP contribution in [0.15, 0.2) is 42.5 Å². The van der Waals surface area contributed by atoms with E-state index in [0.717, 1.165) is 31.4 Å². The zero-order valence-electron chi connectivity index (χ0n) is 19.3. The molecule has 2 atom stereocenters. The second-order valence-electron chi connectivity index (χ2n) is 9.95. The topological polar surface area (TPSA) is 58.6 Å². The molecule has 2 aromatic carbocycles. The van der Waals surface area contributed by atoms with Crippen LogP contribution in [0.5, 0.6) is 0 Å². The number of carbonyl (C=O) groups is 1. The molecular formula is C27H34ClNO3. The molecule has 0 aliphatic heterocycles. The smallest absolute Gasteiger partial charge is 0.331 e. The Morgan fingerprint density at radius 2 is 1.97 bits per heavy atom. The molecule has 4 nitrogen and oxygen atoms in total. The molecule has 4 rings (SSSR count). The van der Waals surface area contributed by atoms with Crippen molar-refractivity contribution in [3.63, 3.8) is 0 Å². The number of aliphatic hydroxyl groups is 1. The van der Waals surface area contributed by atoms with Crippen molar-refractivity contribution in [3.8, 4) is 0 Å². The SMILES string of the molecule is COC(=O)C1(Nc2cccc(Cl)c2)CCC2(CC1)c1ccc(C)cc1C[C@@H]2C[C@@H](C)CO. The van der Waals surface area contributed by atoms with Gasteiger partial charge in [0.15, 0.2) is 0 Å². The van der Waals surface area contributed by atoms with Crippen molar-refractivity contribution in [2.75, 3.05) is 19.0 Å². The third-order valence-electron chi connectivity index (χ3n) is 7.82. The number of rotatable bonds is 6. The number of benzene rings is 2. The third-order valence-corrected chi connectivity index (χ3v) is 8.06. The predicted molar refractivity (Wildman–Crippen MR) is 129 cm³/mol. The first kappa shape index (κ1) is 23.1. The Kier molecular flexibility index (Phi) is 6.56. The summed E-state index contributed by atoms with van der Waals surface area (Å²) in [6.07, 6.45) is 5.27. The minimum absolute atomic E-state index is 0.0417. The first-order valence-electron chi connectivity index (χ1n) is 11.6. The van der Waals surface area contributed by atoms with Crippen LogP contribution in [0.2, 0.25) is 5.02 Å². The zero-order chi connectivity index (χ0) is 22.9. The van der Waals surface area contributed by atoms with E-state index in [2.05, 4.69) is 37.4 Å². The van der Waals surface area contributed by atoms with Crippen molar-refractivity contribution in [1.82, 2.24) is 0 Å². The van der Waals surface area contributed by atoms with Gasteiger partial charge >= 0.3 is 5.97 Å². The molecule has 2 aromatic rings. The number of nitrogens with one attached hydrogen (secondary N) is 1. The summed E-state index contributed by atoms with van der Waals surface area (Å²) in [5, 5.41) is 13.9. The molecule has 0 amide bonds. The second-order valence-corrected chi connectivity index (χ2v) is 10.4. The number of hydrogen-bond acceptors (Lipinski definition) is 4. The quantitative estimate of drug-likeness (QED) is 0.550. The van der Waals surface area contributed by atoms with Gasteiger partial charge < -0.3 is 15.2 Å². The van der Waals surface area contributed by atoms with E-state index < -0.39 is 5.54 Å². The molecule has 2 aliphatic rings. The highest BCUT2D eigenvalue weighted by atomic mass is 35.5. The summed E-state index contributed by atoms with van der Waals surface area (Å²) in [5.74, 6) is 0.530. The van der Waals surface area contributed by atoms with Crippen molar-refractivity contribution in [3.05, 3.63) is 64.2 Å². The number of esters is 1. The van der Waals surface area contributed by atoms with Crippen molar-refractivity contribution >= 4 is 23.3 Å². The van der Waals surface area contributed by atoms with Gasteiger partial charge in [0, 0.05) is 17.3 Å². The van der Waals surface area contributed by atoms with Gasteiger partial charge in [-0.05, 0) is 92.0 Å².